The molecule has 0 saturated carbocycles. The fraction of sp³-hybridized carbons (Fsp3) is 0.0435. The van der Waals surface area contributed by atoms with E-state index in [1.54, 1.807) is 12.1 Å². The molecule has 4 aromatic carbocycles. The molecular formula is C23H14F4. The van der Waals surface area contributed by atoms with Crippen molar-refractivity contribution in [2.45, 2.75) is 6.92 Å². The zero-order chi connectivity index (χ0) is 19.1. The molecule has 0 aromatic heterocycles. The third-order valence-electron chi connectivity index (χ3n) is 4.64. The number of hydrogen-bond acceptors (Lipinski definition) is 0. The van der Waals surface area contributed by atoms with Crippen LogP contribution in [0.5, 0.6) is 0 Å². The number of hydrogen-bond donors (Lipinski definition) is 0. The van der Waals surface area contributed by atoms with Crippen LogP contribution >= 0.6 is 0 Å². The van der Waals surface area contributed by atoms with Gasteiger partial charge in [0, 0.05) is 10.9 Å². The van der Waals surface area contributed by atoms with E-state index >= 15 is 0 Å². The molecule has 134 valence electrons. The summed E-state index contributed by atoms with van der Waals surface area (Å²) < 4.78 is 55.4. The second kappa shape index (κ2) is 6.54. The smallest absolute Gasteiger partial charge is 0.195 e. The Kier molecular flexibility index (Phi) is 4.19. The average Bonchev–Trinajstić information content (AvgIpc) is 2.66. The molecule has 0 radical (unpaired) electrons. The first-order chi connectivity index (χ1) is 12.9. The van der Waals surface area contributed by atoms with E-state index in [1.807, 2.05) is 31.2 Å². The molecule has 0 aliphatic rings. The molecule has 0 heterocycles. The monoisotopic (exact) mass is 366 g/mol. The van der Waals surface area contributed by atoms with Crippen LogP contribution in [-0.2, 0) is 0 Å². The van der Waals surface area contributed by atoms with Crippen molar-refractivity contribution in [2.75, 3.05) is 0 Å². The highest BCUT2D eigenvalue weighted by Crippen LogP contribution is 2.32. The van der Waals surface area contributed by atoms with E-state index in [9.17, 15) is 17.6 Å². The van der Waals surface area contributed by atoms with Crippen molar-refractivity contribution >= 4 is 10.8 Å². The van der Waals surface area contributed by atoms with Gasteiger partial charge in [0.15, 0.2) is 17.5 Å². The maximum Gasteiger partial charge on any atom is 0.195 e. The van der Waals surface area contributed by atoms with E-state index in [-0.39, 0.29) is 10.8 Å². The highest BCUT2D eigenvalue weighted by Gasteiger charge is 2.15. The Morgan fingerprint density at radius 3 is 1.93 bits per heavy atom. The topological polar surface area (TPSA) is 0 Å². The summed E-state index contributed by atoms with van der Waals surface area (Å²) in [5.74, 6) is -4.47. The van der Waals surface area contributed by atoms with Crippen molar-refractivity contribution in [2.24, 2.45) is 0 Å². The number of fused-ring (bicyclic) bond motifs is 1. The van der Waals surface area contributed by atoms with Crippen LogP contribution in [0.4, 0.5) is 17.6 Å². The van der Waals surface area contributed by atoms with Crippen LogP contribution in [0.1, 0.15) is 5.56 Å². The van der Waals surface area contributed by atoms with Crippen molar-refractivity contribution in [3.05, 3.63) is 95.6 Å². The summed E-state index contributed by atoms with van der Waals surface area (Å²) in [4.78, 5) is 0. The van der Waals surface area contributed by atoms with Crippen molar-refractivity contribution in [3.63, 3.8) is 0 Å². The fourth-order valence-electron chi connectivity index (χ4n) is 3.15. The van der Waals surface area contributed by atoms with E-state index in [1.165, 1.54) is 24.3 Å². The first-order valence-electron chi connectivity index (χ1n) is 8.38. The summed E-state index contributed by atoms with van der Waals surface area (Å²) in [5, 5.41) is 0.125. The van der Waals surface area contributed by atoms with Crippen molar-refractivity contribution in [3.8, 4) is 22.3 Å². The molecule has 0 fully saturated rings. The van der Waals surface area contributed by atoms with E-state index in [2.05, 4.69) is 0 Å². The van der Waals surface area contributed by atoms with Crippen LogP contribution in [0.15, 0.2) is 66.7 Å². The fourth-order valence-corrected chi connectivity index (χ4v) is 3.15. The van der Waals surface area contributed by atoms with E-state index < -0.39 is 23.3 Å². The predicted molar refractivity (Wildman–Crippen MR) is 99.4 cm³/mol. The highest BCUT2D eigenvalue weighted by molar-refractivity contribution is 5.88. The van der Waals surface area contributed by atoms with Crippen LogP contribution in [0, 0.1) is 30.2 Å². The molecule has 4 heteroatoms. The molecular weight excluding hydrogens is 352 g/mol. The maximum absolute atomic E-state index is 14.7. The van der Waals surface area contributed by atoms with Gasteiger partial charge in [-0.25, -0.2) is 17.6 Å². The second-order valence-corrected chi connectivity index (χ2v) is 6.48. The maximum atomic E-state index is 14.7. The molecule has 0 unspecified atom stereocenters. The molecule has 0 amide bonds. The zero-order valence-electron chi connectivity index (χ0n) is 14.4. The lowest BCUT2D eigenvalue weighted by molar-refractivity contribution is 0.453. The summed E-state index contributed by atoms with van der Waals surface area (Å²) in [6, 6.07) is 17.8. The largest absolute Gasteiger partial charge is 0.206 e. The van der Waals surface area contributed by atoms with Gasteiger partial charge in [-0.15, -0.1) is 0 Å². The van der Waals surface area contributed by atoms with Gasteiger partial charge >= 0.3 is 0 Å². The van der Waals surface area contributed by atoms with Gasteiger partial charge in [-0.2, -0.15) is 0 Å². The van der Waals surface area contributed by atoms with Crippen molar-refractivity contribution < 1.29 is 17.6 Å². The first-order valence-corrected chi connectivity index (χ1v) is 8.38. The Hall–Kier alpha value is -3.14. The van der Waals surface area contributed by atoms with Gasteiger partial charge in [0.2, 0.25) is 0 Å². The van der Waals surface area contributed by atoms with E-state index in [0.717, 1.165) is 22.8 Å². The summed E-state index contributed by atoms with van der Waals surface area (Å²) >= 11 is 0. The van der Waals surface area contributed by atoms with Crippen LogP contribution in [-0.4, -0.2) is 0 Å². The van der Waals surface area contributed by atoms with Crippen LogP contribution in [0.2, 0.25) is 0 Å². The SMILES string of the molecule is Cc1ccc(-c2ccc(-c3ccc4c(F)c(F)c(F)cc4c3)c(F)c2)cc1. The summed E-state index contributed by atoms with van der Waals surface area (Å²) in [5.41, 5.74) is 3.50. The molecule has 0 aliphatic heterocycles. The Labute approximate surface area is 153 Å². The minimum atomic E-state index is -1.51. The van der Waals surface area contributed by atoms with Crippen molar-refractivity contribution in [1.29, 1.82) is 0 Å². The second-order valence-electron chi connectivity index (χ2n) is 6.48. The number of benzene rings is 4. The quantitative estimate of drug-likeness (QED) is 0.264. The van der Waals surface area contributed by atoms with Gasteiger partial charge in [-0.1, -0.05) is 54.1 Å². The molecule has 0 nitrogen and oxygen atoms in total. The van der Waals surface area contributed by atoms with Gasteiger partial charge < -0.3 is 0 Å². The zero-order valence-corrected chi connectivity index (χ0v) is 14.4. The Bertz CT molecular complexity index is 1160. The van der Waals surface area contributed by atoms with Gasteiger partial charge in [0.25, 0.3) is 0 Å². The lowest BCUT2D eigenvalue weighted by atomic mass is 9.97. The summed E-state index contributed by atoms with van der Waals surface area (Å²) in [6.07, 6.45) is 0. The summed E-state index contributed by atoms with van der Waals surface area (Å²) in [7, 11) is 0. The molecule has 0 N–H and O–H groups in total. The van der Waals surface area contributed by atoms with Gasteiger partial charge in [-0.05, 0) is 47.2 Å². The molecule has 27 heavy (non-hydrogen) atoms. The molecule has 0 spiro atoms. The van der Waals surface area contributed by atoms with Crippen LogP contribution < -0.4 is 0 Å². The standard InChI is InChI=1S/C23H14F4/c1-13-2-4-14(5-3-13)15-6-8-18(20(24)11-15)16-7-9-19-17(10-16)12-21(25)23(27)22(19)26/h2-12H,1H3. The number of aryl methyl sites for hydroxylation is 1. The molecule has 0 aliphatic carbocycles. The van der Waals surface area contributed by atoms with Crippen molar-refractivity contribution in [1.82, 2.24) is 0 Å². The molecule has 0 bridgehead atoms. The van der Waals surface area contributed by atoms with Gasteiger partial charge in [0.05, 0.1) is 0 Å². The molecule has 0 atom stereocenters. The minimum Gasteiger partial charge on any atom is -0.206 e. The lowest BCUT2D eigenvalue weighted by Crippen LogP contribution is -1.93. The molecule has 4 rings (SSSR count). The van der Waals surface area contributed by atoms with Crippen LogP contribution in [0.25, 0.3) is 33.0 Å². The van der Waals surface area contributed by atoms with Gasteiger partial charge in [-0.3, -0.25) is 0 Å². The van der Waals surface area contributed by atoms with E-state index in [0.29, 0.717) is 11.1 Å². The lowest BCUT2D eigenvalue weighted by Gasteiger charge is -2.09. The molecule has 0 saturated heterocycles. The Balaban J connectivity index is 1.79. The number of rotatable bonds is 2. The van der Waals surface area contributed by atoms with Gasteiger partial charge in [0.1, 0.15) is 5.82 Å². The predicted octanol–water partition coefficient (Wildman–Crippen LogP) is 7.04. The third-order valence-corrected chi connectivity index (χ3v) is 4.64. The Morgan fingerprint density at radius 2 is 1.22 bits per heavy atom. The van der Waals surface area contributed by atoms with E-state index in [4.69, 9.17) is 0 Å². The highest BCUT2D eigenvalue weighted by atomic mass is 19.2. The average molecular weight is 366 g/mol. The third kappa shape index (κ3) is 3.08. The first kappa shape index (κ1) is 17.3. The number of halogens is 4. The Morgan fingerprint density at radius 1 is 0.556 bits per heavy atom. The molecule has 4 aromatic rings. The minimum absolute atomic E-state index is 0.0469. The normalized spacial score (nSPS) is 11.1. The summed E-state index contributed by atoms with van der Waals surface area (Å²) in [6.45, 7) is 1.98. The van der Waals surface area contributed by atoms with Crippen LogP contribution in [0.3, 0.4) is 0 Å².